The molecule has 33 heavy (non-hydrogen) atoms. The second-order valence-corrected chi connectivity index (χ2v) is 8.75. The molecule has 0 bridgehead atoms. The molecule has 1 aliphatic rings. The van der Waals surface area contributed by atoms with Crippen molar-refractivity contribution in [3.05, 3.63) is 95.1 Å². The van der Waals surface area contributed by atoms with Crippen molar-refractivity contribution in [3.63, 3.8) is 0 Å². The Labute approximate surface area is 194 Å². The molecule has 168 valence electrons. The quantitative estimate of drug-likeness (QED) is 0.300. The Bertz CT molecular complexity index is 1260. The predicted molar refractivity (Wildman–Crippen MR) is 129 cm³/mol. The summed E-state index contributed by atoms with van der Waals surface area (Å²) in [5.41, 5.74) is 7.52. The molecule has 0 aliphatic heterocycles. The van der Waals surface area contributed by atoms with E-state index in [-0.39, 0.29) is 5.82 Å². The zero-order chi connectivity index (χ0) is 22.8. The first-order valence-corrected chi connectivity index (χ1v) is 11.7. The lowest BCUT2D eigenvalue weighted by molar-refractivity contribution is 0.320. The van der Waals surface area contributed by atoms with Crippen LogP contribution in [0.4, 0.5) is 4.39 Å². The van der Waals surface area contributed by atoms with Crippen molar-refractivity contribution in [2.24, 2.45) is 0 Å². The number of hydrogen-bond acceptors (Lipinski definition) is 3. The fraction of sp³-hybridized carbons (Fsp3) is 0.276. The summed E-state index contributed by atoms with van der Waals surface area (Å²) in [6.45, 7) is 4.77. The molecule has 1 heterocycles. The van der Waals surface area contributed by atoms with Gasteiger partial charge in [-0.25, -0.2) is 9.37 Å². The highest BCUT2D eigenvalue weighted by Crippen LogP contribution is 2.42. The van der Waals surface area contributed by atoms with Crippen LogP contribution in [0.3, 0.4) is 0 Å². The normalized spacial score (nSPS) is 14.9. The molecular formula is C29H28FNO2. The minimum absolute atomic E-state index is 0.138. The summed E-state index contributed by atoms with van der Waals surface area (Å²) in [6.07, 6.45) is 5.22. The number of benzene rings is 3. The first-order valence-electron chi connectivity index (χ1n) is 11.7. The maximum absolute atomic E-state index is 14.1. The van der Waals surface area contributed by atoms with Crippen LogP contribution in [0.5, 0.6) is 5.75 Å². The van der Waals surface area contributed by atoms with Crippen molar-refractivity contribution in [2.75, 3.05) is 6.61 Å². The Morgan fingerprint density at radius 1 is 1.06 bits per heavy atom. The summed E-state index contributed by atoms with van der Waals surface area (Å²) in [5.74, 6) is 1.83. The molecular weight excluding hydrogens is 413 g/mol. The van der Waals surface area contributed by atoms with Gasteiger partial charge in [0, 0.05) is 12.0 Å². The molecule has 0 saturated heterocycles. The number of nitrogens with zero attached hydrogens (tertiary/aromatic N) is 1. The molecule has 3 nitrogen and oxygen atoms in total. The van der Waals surface area contributed by atoms with Crippen LogP contribution in [0.2, 0.25) is 0 Å². The van der Waals surface area contributed by atoms with E-state index in [1.165, 1.54) is 11.1 Å². The van der Waals surface area contributed by atoms with Gasteiger partial charge in [-0.1, -0.05) is 38.1 Å². The van der Waals surface area contributed by atoms with Gasteiger partial charge < -0.3 is 9.15 Å². The van der Waals surface area contributed by atoms with E-state index < -0.39 is 0 Å². The maximum Gasteiger partial charge on any atom is 0.226 e. The van der Waals surface area contributed by atoms with Crippen LogP contribution in [0.1, 0.15) is 48.6 Å². The number of ether oxygens (including phenoxy) is 1. The Morgan fingerprint density at radius 2 is 1.91 bits per heavy atom. The molecule has 0 spiro atoms. The molecule has 4 aromatic rings. The lowest BCUT2D eigenvalue weighted by atomic mass is 9.91. The largest absolute Gasteiger partial charge is 0.493 e. The molecule has 4 heteroatoms. The van der Waals surface area contributed by atoms with E-state index in [9.17, 15) is 4.39 Å². The van der Waals surface area contributed by atoms with Gasteiger partial charge in [0.2, 0.25) is 5.89 Å². The van der Waals surface area contributed by atoms with Crippen LogP contribution in [-0.2, 0) is 19.3 Å². The van der Waals surface area contributed by atoms with Gasteiger partial charge in [0.15, 0.2) is 0 Å². The van der Waals surface area contributed by atoms with Gasteiger partial charge in [-0.05, 0) is 89.4 Å². The fourth-order valence-electron chi connectivity index (χ4n) is 4.73. The summed E-state index contributed by atoms with van der Waals surface area (Å²) >= 11 is 0. The summed E-state index contributed by atoms with van der Waals surface area (Å²) in [7, 11) is 0. The van der Waals surface area contributed by atoms with Crippen LogP contribution >= 0.6 is 0 Å². The van der Waals surface area contributed by atoms with Crippen LogP contribution in [0.15, 0.2) is 71.3 Å². The molecule has 5 rings (SSSR count). The van der Waals surface area contributed by atoms with Gasteiger partial charge in [-0.15, -0.1) is 0 Å². The Hall–Kier alpha value is -3.40. The molecule has 1 aliphatic carbocycles. The zero-order valence-corrected chi connectivity index (χ0v) is 19.1. The van der Waals surface area contributed by atoms with Gasteiger partial charge in [0.25, 0.3) is 0 Å². The number of aromatic nitrogens is 1. The highest BCUT2D eigenvalue weighted by atomic mass is 19.1. The number of oxazole rings is 1. The SMILES string of the molecule is CCc1cc(-c2cc(OCCc3coc(-c4ccccc4)n3)cc3c2C(C)CC3)ccc1F. The molecule has 1 atom stereocenters. The third kappa shape index (κ3) is 4.43. The highest BCUT2D eigenvalue weighted by Gasteiger charge is 2.24. The topological polar surface area (TPSA) is 35.3 Å². The monoisotopic (exact) mass is 441 g/mol. The third-order valence-electron chi connectivity index (χ3n) is 6.52. The number of fused-ring (bicyclic) bond motifs is 1. The first-order chi connectivity index (χ1) is 16.1. The highest BCUT2D eigenvalue weighted by molar-refractivity contribution is 5.73. The van der Waals surface area contributed by atoms with Crippen LogP contribution < -0.4 is 4.74 Å². The summed E-state index contributed by atoms with van der Waals surface area (Å²) in [4.78, 5) is 4.59. The molecule has 0 fully saturated rings. The second-order valence-electron chi connectivity index (χ2n) is 8.75. The molecule has 0 radical (unpaired) electrons. The van der Waals surface area contributed by atoms with E-state index in [0.29, 0.717) is 31.3 Å². The maximum atomic E-state index is 14.1. The smallest absolute Gasteiger partial charge is 0.226 e. The van der Waals surface area contributed by atoms with E-state index in [2.05, 4.69) is 24.0 Å². The van der Waals surface area contributed by atoms with E-state index >= 15 is 0 Å². The van der Waals surface area contributed by atoms with Crippen molar-refractivity contribution >= 4 is 0 Å². The molecule has 3 aromatic carbocycles. The van der Waals surface area contributed by atoms with Gasteiger partial charge in [0.05, 0.1) is 12.3 Å². The molecule has 0 N–H and O–H groups in total. The van der Waals surface area contributed by atoms with Gasteiger partial charge in [0.1, 0.15) is 17.8 Å². The predicted octanol–water partition coefficient (Wildman–Crippen LogP) is 7.38. The lowest BCUT2D eigenvalue weighted by Gasteiger charge is -2.16. The number of rotatable bonds is 7. The van der Waals surface area contributed by atoms with Crippen molar-refractivity contribution in [1.82, 2.24) is 4.98 Å². The average Bonchev–Trinajstić information content (AvgIpc) is 3.47. The first kappa shape index (κ1) is 21.4. The Kier molecular flexibility index (Phi) is 5.99. The minimum Gasteiger partial charge on any atom is -0.493 e. The van der Waals surface area contributed by atoms with Gasteiger partial charge >= 0.3 is 0 Å². The summed E-state index contributed by atoms with van der Waals surface area (Å²) < 4.78 is 25.9. The van der Waals surface area contributed by atoms with Crippen molar-refractivity contribution in [3.8, 4) is 28.3 Å². The van der Waals surface area contributed by atoms with Crippen LogP contribution in [-0.4, -0.2) is 11.6 Å². The molecule has 1 aromatic heterocycles. The van der Waals surface area contributed by atoms with Crippen molar-refractivity contribution < 1.29 is 13.5 Å². The molecule has 0 amide bonds. The van der Waals surface area contributed by atoms with Gasteiger partial charge in [-0.3, -0.25) is 0 Å². The van der Waals surface area contributed by atoms with E-state index in [1.54, 1.807) is 12.3 Å². The number of hydrogen-bond donors (Lipinski definition) is 0. The summed E-state index contributed by atoms with van der Waals surface area (Å²) in [5, 5.41) is 0. The van der Waals surface area contributed by atoms with Crippen LogP contribution in [0, 0.1) is 5.82 Å². The fourth-order valence-corrected chi connectivity index (χ4v) is 4.73. The zero-order valence-electron chi connectivity index (χ0n) is 19.1. The van der Waals surface area contributed by atoms with E-state index in [1.807, 2.05) is 49.4 Å². The Balaban J connectivity index is 1.35. The standard InChI is InChI=1S/C29H28FNO2/c1-3-20-15-22(11-12-27(20)30)26-17-25(16-23-10-9-19(2)28(23)26)32-14-13-24-18-33-29(31-24)21-7-5-4-6-8-21/h4-8,11-12,15-19H,3,9-10,13-14H2,1-2H3. The lowest BCUT2D eigenvalue weighted by Crippen LogP contribution is -2.03. The van der Waals surface area contributed by atoms with E-state index in [0.717, 1.165) is 46.5 Å². The summed E-state index contributed by atoms with van der Waals surface area (Å²) in [6, 6.07) is 19.6. The third-order valence-corrected chi connectivity index (χ3v) is 6.52. The number of halogens is 1. The van der Waals surface area contributed by atoms with Gasteiger partial charge in [-0.2, -0.15) is 0 Å². The average molecular weight is 442 g/mol. The van der Waals surface area contributed by atoms with Crippen LogP contribution in [0.25, 0.3) is 22.6 Å². The molecule has 0 saturated carbocycles. The Morgan fingerprint density at radius 3 is 2.73 bits per heavy atom. The van der Waals surface area contributed by atoms with E-state index in [4.69, 9.17) is 9.15 Å². The van der Waals surface area contributed by atoms with Crippen molar-refractivity contribution in [2.45, 2.75) is 45.4 Å². The minimum atomic E-state index is -0.138. The number of aryl methyl sites for hydroxylation is 2. The van der Waals surface area contributed by atoms with Crippen molar-refractivity contribution in [1.29, 1.82) is 0 Å². The second kappa shape index (κ2) is 9.22. The molecule has 1 unspecified atom stereocenters.